The van der Waals surface area contributed by atoms with Gasteiger partial charge in [-0.1, -0.05) is 6.07 Å². The highest BCUT2D eigenvalue weighted by Gasteiger charge is 2.12. The van der Waals surface area contributed by atoms with E-state index in [0.29, 0.717) is 11.4 Å². The first-order valence-electron chi connectivity index (χ1n) is 7.28. The molecule has 0 amide bonds. The van der Waals surface area contributed by atoms with E-state index in [0.717, 1.165) is 6.07 Å². The number of carbonyl (C=O) groups is 1. The second-order valence-electron chi connectivity index (χ2n) is 5.12. The van der Waals surface area contributed by atoms with E-state index in [1.807, 2.05) is 0 Å². The molecule has 6 nitrogen and oxygen atoms in total. The Morgan fingerprint density at radius 3 is 2.76 bits per heavy atom. The number of alkyl halides is 1. The number of hydrogen-bond acceptors (Lipinski definition) is 4. The lowest BCUT2D eigenvalue weighted by Gasteiger charge is -2.11. The molecule has 0 bridgehead atoms. The number of ether oxygens (including phenoxy) is 1. The second kappa shape index (κ2) is 7.08. The van der Waals surface area contributed by atoms with E-state index >= 15 is 0 Å². The van der Waals surface area contributed by atoms with Crippen molar-refractivity contribution >= 4 is 5.97 Å². The van der Waals surface area contributed by atoms with Gasteiger partial charge in [0.25, 0.3) is 0 Å². The SMILES string of the molecule is O=C(O)c1ccnc(-n2nccc2OCc2ccc(F)cc2CF)c1. The van der Waals surface area contributed by atoms with Crippen LogP contribution in [0.4, 0.5) is 8.78 Å². The average molecular weight is 345 g/mol. The van der Waals surface area contributed by atoms with Gasteiger partial charge in [0.05, 0.1) is 11.8 Å². The van der Waals surface area contributed by atoms with Gasteiger partial charge in [0.15, 0.2) is 5.82 Å². The molecule has 3 rings (SSSR count). The summed E-state index contributed by atoms with van der Waals surface area (Å²) in [7, 11) is 0. The number of aromatic carboxylic acids is 1. The largest absolute Gasteiger partial charge is 0.478 e. The third kappa shape index (κ3) is 3.63. The lowest BCUT2D eigenvalue weighted by molar-refractivity contribution is 0.0696. The number of nitrogens with zero attached hydrogens (tertiary/aromatic N) is 3. The molecule has 0 spiro atoms. The molecule has 2 aromatic heterocycles. The average Bonchev–Trinajstić information content (AvgIpc) is 3.09. The van der Waals surface area contributed by atoms with Gasteiger partial charge < -0.3 is 9.84 Å². The lowest BCUT2D eigenvalue weighted by atomic mass is 10.1. The fraction of sp³-hybridized carbons (Fsp3) is 0.118. The molecule has 8 heteroatoms. The maximum atomic E-state index is 13.2. The van der Waals surface area contributed by atoms with Crippen LogP contribution < -0.4 is 4.74 Å². The first-order chi connectivity index (χ1) is 12.1. The van der Waals surface area contributed by atoms with Gasteiger partial charge >= 0.3 is 5.97 Å². The molecule has 0 aliphatic carbocycles. The highest BCUT2D eigenvalue weighted by atomic mass is 19.1. The van der Waals surface area contributed by atoms with Crippen molar-refractivity contribution in [1.82, 2.24) is 14.8 Å². The minimum atomic E-state index is -1.09. The van der Waals surface area contributed by atoms with Crippen LogP contribution in [0.3, 0.4) is 0 Å². The Bertz CT molecular complexity index is 912. The predicted molar refractivity (Wildman–Crippen MR) is 83.9 cm³/mol. The van der Waals surface area contributed by atoms with Crippen LogP contribution in [0.25, 0.3) is 5.82 Å². The molecular weight excluding hydrogens is 332 g/mol. The monoisotopic (exact) mass is 345 g/mol. The molecule has 0 unspecified atom stereocenters. The van der Waals surface area contributed by atoms with E-state index in [9.17, 15) is 13.6 Å². The molecule has 2 heterocycles. The summed E-state index contributed by atoms with van der Waals surface area (Å²) < 4.78 is 33.1. The van der Waals surface area contributed by atoms with Crippen LogP contribution >= 0.6 is 0 Å². The zero-order valence-electron chi connectivity index (χ0n) is 12.9. The van der Waals surface area contributed by atoms with Crippen molar-refractivity contribution in [3.63, 3.8) is 0 Å². The van der Waals surface area contributed by atoms with Crippen LogP contribution in [0.5, 0.6) is 5.88 Å². The molecule has 3 aromatic rings. The van der Waals surface area contributed by atoms with Crippen molar-refractivity contribution in [3.8, 4) is 11.7 Å². The fourth-order valence-corrected chi connectivity index (χ4v) is 2.25. The smallest absolute Gasteiger partial charge is 0.335 e. The van der Waals surface area contributed by atoms with Gasteiger partial charge in [-0.05, 0) is 35.4 Å². The summed E-state index contributed by atoms with van der Waals surface area (Å²) in [6, 6.07) is 8.08. The van der Waals surface area contributed by atoms with Crippen LogP contribution in [0.2, 0.25) is 0 Å². The number of halogens is 2. The summed E-state index contributed by atoms with van der Waals surface area (Å²) in [5.74, 6) is -1.04. The minimum Gasteiger partial charge on any atom is -0.478 e. The Kier molecular flexibility index (Phi) is 4.69. The third-order valence-corrected chi connectivity index (χ3v) is 3.51. The van der Waals surface area contributed by atoms with Crippen molar-refractivity contribution in [3.05, 3.63) is 71.3 Å². The van der Waals surface area contributed by atoms with Crippen LogP contribution in [-0.2, 0) is 13.3 Å². The molecule has 0 fully saturated rings. The molecular formula is C17H13F2N3O3. The van der Waals surface area contributed by atoms with Gasteiger partial charge in [-0.3, -0.25) is 0 Å². The highest BCUT2D eigenvalue weighted by molar-refractivity contribution is 5.87. The molecule has 0 saturated carbocycles. The third-order valence-electron chi connectivity index (χ3n) is 3.51. The highest BCUT2D eigenvalue weighted by Crippen LogP contribution is 2.20. The van der Waals surface area contributed by atoms with Crippen molar-refractivity contribution in [2.24, 2.45) is 0 Å². The second-order valence-corrected chi connectivity index (χ2v) is 5.12. The predicted octanol–water partition coefficient (Wildman–Crippen LogP) is 3.15. The van der Waals surface area contributed by atoms with E-state index in [2.05, 4.69) is 10.1 Å². The summed E-state index contributed by atoms with van der Waals surface area (Å²) >= 11 is 0. The fourth-order valence-electron chi connectivity index (χ4n) is 2.25. The number of carboxylic acid groups (broad SMARTS) is 1. The van der Waals surface area contributed by atoms with E-state index in [1.165, 1.54) is 41.3 Å². The molecule has 0 radical (unpaired) electrons. The van der Waals surface area contributed by atoms with Gasteiger partial charge in [0, 0.05) is 12.3 Å². The molecule has 1 aromatic carbocycles. The van der Waals surface area contributed by atoms with Crippen LogP contribution in [-0.4, -0.2) is 25.8 Å². The maximum absolute atomic E-state index is 13.2. The Labute approximate surface area is 141 Å². The number of rotatable bonds is 6. The van der Waals surface area contributed by atoms with E-state index in [1.54, 1.807) is 6.07 Å². The minimum absolute atomic E-state index is 0.00382. The van der Waals surface area contributed by atoms with E-state index in [-0.39, 0.29) is 23.6 Å². The number of aromatic nitrogens is 3. The lowest BCUT2D eigenvalue weighted by Crippen LogP contribution is -2.07. The zero-order valence-corrected chi connectivity index (χ0v) is 12.9. The van der Waals surface area contributed by atoms with Gasteiger partial charge in [0.2, 0.25) is 5.88 Å². The summed E-state index contributed by atoms with van der Waals surface area (Å²) in [4.78, 5) is 15.1. The molecule has 128 valence electrons. The summed E-state index contributed by atoms with van der Waals surface area (Å²) in [6.45, 7) is -0.804. The van der Waals surface area contributed by atoms with Crippen LogP contribution in [0.1, 0.15) is 21.5 Å². The number of hydrogen-bond donors (Lipinski definition) is 1. The van der Waals surface area contributed by atoms with Gasteiger partial charge in [-0.15, -0.1) is 0 Å². The first kappa shape index (κ1) is 16.6. The standard InChI is InChI=1S/C17H13F2N3O3/c18-9-13-7-14(19)2-1-12(13)10-25-16-4-6-21-22(16)15-8-11(17(23)24)3-5-20-15/h1-8H,9-10H2,(H,23,24). The maximum Gasteiger partial charge on any atom is 0.335 e. The molecule has 0 aliphatic heterocycles. The van der Waals surface area contributed by atoms with Crippen LogP contribution in [0, 0.1) is 5.82 Å². The Balaban J connectivity index is 1.83. The number of carboxylic acids is 1. The quantitative estimate of drug-likeness (QED) is 0.743. The normalized spacial score (nSPS) is 10.6. The molecule has 1 N–H and O–H groups in total. The molecule has 0 atom stereocenters. The van der Waals surface area contributed by atoms with E-state index in [4.69, 9.17) is 9.84 Å². The van der Waals surface area contributed by atoms with Crippen molar-refractivity contribution in [2.45, 2.75) is 13.3 Å². The Hall–Kier alpha value is -3.29. The Morgan fingerprint density at radius 1 is 1.16 bits per heavy atom. The zero-order chi connectivity index (χ0) is 17.8. The number of benzene rings is 1. The summed E-state index contributed by atoms with van der Waals surface area (Å²) in [5, 5.41) is 13.1. The van der Waals surface area contributed by atoms with Crippen molar-refractivity contribution < 1.29 is 23.4 Å². The van der Waals surface area contributed by atoms with E-state index < -0.39 is 18.5 Å². The Morgan fingerprint density at radius 2 is 2.00 bits per heavy atom. The number of pyridine rings is 1. The topological polar surface area (TPSA) is 77.2 Å². The first-order valence-corrected chi connectivity index (χ1v) is 7.28. The molecule has 0 saturated heterocycles. The van der Waals surface area contributed by atoms with Crippen molar-refractivity contribution in [2.75, 3.05) is 0 Å². The van der Waals surface area contributed by atoms with Crippen molar-refractivity contribution in [1.29, 1.82) is 0 Å². The van der Waals surface area contributed by atoms with Crippen LogP contribution in [0.15, 0.2) is 48.8 Å². The molecule has 25 heavy (non-hydrogen) atoms. The molecule has 0 aliphatic rings. The summed E-state index contributed by atoms with van der Waals surface area (Å²) in [5.41, 5.74) is 0.769. The van der Waals surface area contributed by atoms with Gasteiger partial charge in [-0.25, -0.2) is 18.6 Å². The van der Waals surface area contributed by atoms with Gasteiger partial charge in [-0.2, -0.15) is 9.78 Å². The summed E-state index contributed by atoms with van der Waals surface area (Å²) in [6.07, 6.45) is 2.82. The van der Waals surface area contributed by atoms with Gasteiger partial charge in [0.1, 0.15) is 19.1 Å².